The van der Waals surface area contributed by atoms with Gasteiger partial charge in [0.25, 0.3) is 5.91 Å². The molecule has 0 saturated carbocycles. The molecule has 1 amide bonds. The Morgan fingerprint density at radius 3 is 2.65 bits per heavy atom. The second kappa shape index (κ2) is 10.7. The highest BCUT2D eigenvalue weighted by atomic mass is 79.9. The van der Waals surface area contributed by atoms with Crippen molar-refractivity contribution in [1.82, 2.24) is 5.32 Å². The molecule has 1 aromatic carbocycles. The summed E-state index contributed by atoms with van der Waals surface area (Å²) in [6.07, 6.45) is 0.772. The van der Waals surface area contributed by atoms with Crippen molar-refractivity contribution in [1.29, 1.82) is 0 Å². The van der Waals surface area contributed by atoms with Crippen LogP contribution in [0, 0.1) is 0 Å². The molecule has 0 radical (unpaired) electrons. The predicted octanol–water partition coefficient (Wildman–Crippen LogP) is 2.00. The van der Waals surface area contributed by atoms with Gasteiger partial charge in [0, 0.05) is 24.7 Å². The van der Waals surface area contributed by atoms with Gasteiger partial charge in [-0.3, -0.25) is 4.79 Å². The summed E-state index contributed by atoms with van der Waals surface area (Å²) >= 11 is 3.34. The van der Waals surface area contributed by atoms with Gasteiger partial charge in [-0.2, -0.15) is 0 Å². The average molecular weight is 346 g/mol. The van der Waals surface area contributed by atoms with Gasteiger partial charge in [0.05, 0.1) is 13.2 Å². The third-order valence-corrected chi connectivity index (χ3v) is 2.93. The predicted molar refractivity (Wildman–Crippen MR) is 80.0 cm³/mol. The van der Waals surface area contributed by atoms with Crippen molar-refractivity contribution in [2.24, 2.45) is 0 Å². The van der Waals surface area contributed by atoms with Gasteiger partial charge in [0.2, 0.25) is 0 Å². The van der Waals surface area contributed by atoms with Gasteiger partial charge in [-0.15, -0.1) is 0 Å². The maximum absolute atomic E-state index is 11.5. The molecule has 1 aromatic rings. The van der Waals surface area contributed by atoms with Crippen LogP contribution in [0.25, 0.3) is 0 Å². The van der Waals surface area contributed by atoms with E-state index in [9.17, 15) is 4.79 Å². The van der Waals surface area contributed by atoms with Crippen LogP contribution in [0.4, 0.5) is 0 Å². The molecule has 0 aliphatic heterocycles. The maximum atomic E-state index is 11.5. The SMILES string of the molecule is COCCOCCCNC(=O)COc1ccc(Br)cc1. The van der Waals surface area contributed by atoms with Gasteiger partial charge in [0.1, 0.15) is 5.75 Å². The number of rotatable bonds is 10. The molecule has 0 bridgehead atoms. The number of methoxy groups -OCH3 is 1. The molecule has 0 fully saturated rings. The summed E-state index contributed by atoms with van der Waals surface area (Å²) in [6, 6.07) is 7.34. The Morgan fingerprint density at radius 2 is 1.95 bits per heavy atom. The molecular weight excluding hydrogens is 326 g/mol. The van der Waals surface area contributed by atoms with E-state index in [1.54, 1.807) is 19.2 Å². The number of carbonyl (C=O) groups is 1. The van der Waals surface area contributed by atoms with E-state index in [-0.39, 0.29) is 12.5 Å². The summed E-state index contributed by atoms with van der Waals surface area (Å²) in [5.74, 6) is 0.538. The van der Waals surface area contributed by atoms with Crippen LogP contribution in [0.3, 0.4) is 0 Å². The second-order valence-corrected chi connectivity index (χ2v) is 4.97. The van der Waals surface area contributed by atoms with Crippen molar-refractivity contribution >= 4 is 21.8 Å². The highest BCUT2D eigenvalue weighted by Crippen LogP contribution is 2.15. The summed E-state index contributed by atoms with van der Waals surface area (Å²) in [7, 11) is 1.63. The largest absolute Gasteiger partial charge is 0.484 e. The Kier molecular flexibility index (Phi) is 9.02. The number of hydrogen-bond acceptors (Lipinski definition) is 4. The fourth-order valence-electron chi connectivity index (χ4n) is 1.38. The van der Waals surface area contributed by atoms with Crippen molar-refractivity contribution in [3.63, 3.8) is 0 Å². The molecule has 0 saturated heterocycles. The van der Waals surface area contributed by atoms with E-state index < -0.39 is 0 Å². The number of halogens is 1. The third kappa shape index (κ3) is 8.14. The minimum absolute atomic E-state index is 0.0200. The minimum Gasteiger partial charge on any atom is -0.484 e. The molecule has 0 aliphatic rings. The van der Waals surface area contributed by atoms with Crippen LogP contribution < -0.4 is 10.1 Å². The molecule has 0 heterocycles. The lowest BCUT2D eigenvalue weighted by atomic mass is 10.3. The van der Waals surface area contributed by atoms with Crippen molar-refractivity contribution < 1.29 is 19.0 Å². The van der Waals surface area contributed by atoms with Crippen LogP contribution in [0.15, 0.2) is 28.7 Å². The maximum Gasteiger partial charge on any atom is 0.257 e. The van der Waals surface area contributed by atoms with E-state index in [1.807, 2.05) is 12.1 Å². The van der Waals surface area contributed by atoms with E-state index in [0.717, 1.165) is 10.9 Å². The van der Waals surface area contributed by atoms with Crippen LogP contribution in [0.5, 0.6) is 5.75 Å². The van der Waals surface area contributed by atoms with Gasteiger partial charge in [-0.05, 0) is 30.7 Å². The molecule has 5 nitrogen and oxygen atoms in total. The molecule has 1 N–H and O–H groups in total. The van der Waals surface area contributed by atoms with Crippen LogP contribution in [0.1, 0.15) is 6.42 Å². The third-order valence-electron chi connectivity index (χ3n) is 2.40. The Labute approximate surface area is 127 Å². The highest BCUT2D eigenvalue weighted by molar-refractivity contribution is 9.10. The number of nitrogens with one attached hydrogen (secondary N) is 1. The van der Waals surface area contributed by atoms with Gasteiger partial charge < -0.3 is 19.5 Å². The standard InChI is InChI=1S/C14H20BrNO4/c1-18-9-10-19-8-2-7-16-14(17)11-20-13-5-3-12(15)4-6-13/h3-6H,2,7-11H2,1H3,(H,16,17). The van der Waals surface area contributed by atoms with E-state index in [1.165, 1.54) is 0 Å². The highest BCUT2D eigenvalue weighted by Gasteiger charge is 2.02. The van der Waals surface area contributed by atoms with E-state index in [4.69, 9.17) is 14.2 Å². The average Bonchev–Trinajstić information content (AvgIpc) is 2.46. The second-order valence-electron chi connectivity index (χ2n) is 4.05. The lowest BCUT2D eigenvalue weighted by molar-refractivity contribution is -0.123. The Hall–Kier alpha value is -1.11. The normalized spacial score (nSPS) is 10.3. The number of benzene rings is 1. The zero-order valence-electron chi connectivity index (χ0n) is 11.6. The molecule has 0 spiro atoms. The summed E-state index contributed by atoms with van der Waals surface area (Å²) in [6.45, 7) is 2.38. The topological polar surface area (TPSA) is 56.8 Å². The van der Waals surface area contributed by atoms with Crippen molar-refractivity contribution in [2.45, 2.75) is 6.42 Å². The van der Waals surface area contributed by atoms with Crippen LogP contribution in [-0.4, -0.2) is 46.0 Å². The lowest BCUT2D eigenvalue weighted by Gasteiger charge is -2.08. The molecule has 0 aromatic heterocycles. The fraction of sp³-hybridized carbons (Fsp3) is 0.500. The summed E-state index contributed by atoms with van der Waals surface area (Å²) < 4.78 is 16.5. The first-order chi connectivity index (χ1) is 9.72. The number of hydrogen-bond donors (Lipinski definition) is 1. The molecule has 0 atom stereocenters. The Morgan fingerprint density at radius 1 is 1.20 bits per heavy atom. The Bertz CT molecular complexity index is 383. The first kappa shape index (κ1) is 16.9. The monoisotopic (exact) mass is 345 g/mol. The minimum atomic E-state index is -0.134. The van der Waals surface area contributed by atoms with Crippen molar-refractivity contribution in [3.8, 4) is 5.75 Å². The van der Waals surface area contributed by atoms with Crippen molar-refractivity contribution in [3.05, 3.63) is 28.7 Å². The molecular formula is C14H20BrNO4. The van der Waals surface area contributed by atoms with Gasteiger partial charge in [-0.1, -0.05) is 15.9 Å². The fourth-order valence-corrected chi connectivity index (χ4v) is 1.64. The zero-order chi connectivity index (χ0) is 14.6. The summed E-state index contributed by atoms with van der Waals surface area (Å²) in [5, 5.41) is 2.77. The summed E-state index contributed by atoms with van der Waals surface area (Å²) in [5.41, 5.74) is 0. The zero-order valence-corrected chi connectivity index (χ0v) is 13.1. The molecule has 20 heavy (non-hydrogen) atoms. The number of amides is 1. The molecule has 112 valence electrons. The first-order valence-corrected chi connectivity index (χ1v) is 7.23. The van der Waals surface area contributed by atoms with Gasteiger partial charge >= 0.3 is 0 Å². The first-order valence-electron chi connectivity index (χ1n) is 6.44. The van der Waals surface area contributed by atoms with Gasteiger partial charge in [-0.25, -0.2) is 0 Å². The van der Waals surface area contributed by atoms with E-state index in [0.29, 0.717) is 32.1 Å². The molecule has 0 unspecified atom stereocenters. The Balaban J connectivity index is 2.01. The van der Waals surface area contributed by atoms with Gasteiger partial charge in [0.15, 0.2) is 6.61 Å². The number of carbonyl (C=O) groups excluding carboxylic acids is 1. The van der Waals surface area contributed by atoms with E-state index >= 15 is 0 Å². The quantitative estimate of drug-likeness (QED) is 0.659. The molecule has 1 rings (SSSR count). The molecule has 6 heteroatoms. The summed E-state index contributed by atoms with van der Waals surface area (Å²) in [4.78, 5) is 11.5. The van der Waals surface area contributed by atoms with E-state index in [2.05, 4.69) is 21.2 Å². The van der Waals surface area contributed by atoms with Crippen LogP contribution >= 0.6 is 15.9 Å². The number of ether oxygens (including phenoxy) is 3. The van der Waals surface area contributed by atoms with Crippen LogP contribution in [-0.2, 0) is 14.3 Å². The van der Waals surface area contributed by atoms with Crippen molar-refractivity contribution in [2.75, 3.05) is 40.1 Å². The lowest BCUT2D eigenvalue weighted by Crippen LogP contribution is -2.30. The smallest absolute Gasteiger partial charge is 0.257 e. The van der Waals surface area contributed by atoms with Crippen LogP contribution in [0.2, 0.25) is 0 Å². The molecule has 0 aliphatic carbocycles.